The Morgan fingerprint density at radius 1 is 1.17 bits per heavy atom. The van der Waals surface area contributed by atoms with Crippen molar-refractivity contribution < 1.29 is 9.57 Å². The fourth-order valence-corrected chi connectivity index (χ4v) is 3.01. The molecule has 0 atom stereocenters. The number of nitrogens with one attached hydrogen (secondary N) is 1. The zero-order valence-corrected chi connectivity index (χ0v) is 17.2. The van der Waals surface area contributed by atoms with Crippen LogP contribution in [-0.4, -0.2) is 41.1 Å². The molecule has 0 spiro atoms. The molecule has 1 N–H and O–H groups in total. The molecule has 3 aromatic heterocycles. The van der Waals surface area contributed by atoms with Gasteiger partial charge < -0.3 is 9.57 Å². The molecule has 0 amide bonds. The second kappa shape index (κ2) is 8.27. The third-order valence-corrected chi connectivity index (χ3v) is 4.63. The van der Waals surface area contributed by atoms with Crippen molar-refractivity contribution in [1.29, 1.82) is 0 Å². The fourth-order valence-electron chi connectivity index (χ4n) is 3.01. The van der Waals surface area contributed by atoms with Gasteiger partial charge in [-0.1, -0.05) is 40.2 Å². The second-order valence-corrected chi connectivity index (χ2v) is 6.97. The van der Waals surface area contributed by atoms with E-state index in [-0.39, 0.29) is 6.61 Å². The maximum absolute atomic E-state index is 5.88. The number of nitrogens with zero attached hydrogens (tertiary/aromatic N) is 7. The van der Waals surface area contributed by atoms with Gasteiger partial charge in [0.15, 0.2) is 12.3 Å². The molecule has 10 heteroatoms. The van der Waals surface area contributed by atoms with Gasteiger partial charge in [-0.05, 0) is 32.4 Å². The van der Waals surface area contributed by atoms with Crippen LogP contribution < -0.4 is 4.74 Å². The van der Waals surface area contributed by atoms with E-state index < -0.39 is 0 Å². The van der Waals surface area contributed by atoms with Gasteiger partial charge in [-0.3, -0.25) is 4.68 Å². The third-order valence-electron chi connectivity index (χ3n) is 4.63. The largest absolute Gasteiger partial charge is 0.469 e. The summed E-state index contributed by atoms with van der Waals surface area (Å²) in [6.45, 7) is 6.33. The zero-order valence-electron chi connectivity index (χ0n) is 17.2. The Balaban J connectivity index is 1.61. The number of pyridine rings is 1. The summed E-state index contributed by atoms with van der Waals surface area (Å²) in [7, 11) is 1.84. The van der Waals surface area contributed by atoms with E-state index in [1.165, 1.54) is 5.56 Å². The Morgan fingerprint density at radius 3 is 2.70 bits per heavy atom. The predicted octanol–water partition coefficient (Wildman–Crippen LogP) is 2.62. The molecule has 0 bridgehead atoms. The highest BCUT2D eigenvalue weighted by Crippen LogP contribution is 2.25. The Labute approximate surface area is 172 Å². The molecule has 0 radical (unpaired) electrons. The van der Waals surface area contributed by atoms with E-state index in [1.54, 1.807) is 4.68 Å². The molecule has 0 aliphatic carbocycles. The highest BCUT2D eigenvalue weighted by molar-refractivity contribution is 6.03. The number of H-pyrrole nitrogens is 1. The number of benzene rings is 1. The molecule has 3 heterocycles. The molecule has 30 heavy (non-hydrogen) atoms. The second-order valence-electron chi connectivity index (χ2n) is 6.97. The Hall–Kier alpha value is -3.82. The van der Waals surface area contributed by atoms with Crippen LogP contribution in [0.4, 0.5) is 0 Å². The molecular formula is C20H22N8O2. The van der Waals surface area contributed by atoms with Gasteiger partial charge in [0.2, 0.25) is 11.7 Å². The fraction of sp³-hybridized carbons (Fsp3) is 0.300. The average Bonchev–Trinajstić information content (AvgIpc) is 3.35. The lowest BCUT2D eigenvalue weighted by Crippen LogP contribution is -2.07. The number of oxime groups is 1. The predicted molar refractivity (Wildman–Crippen MR) is 110 cm³/mol. The Morgan fingerprint density at radius 2 is 1.97 bits per heavy atom. The summed E-state index contributed by atoms with van der Waals surface area (Å²) in [6, 6.07) is 10.1. The van der Waals surface area contributed by atoms with E-state index in [4.69, 9.17) is 9.57 Å². The number of aryl methyl sites for hydroxylation is 3. The van der Waals surface area contributed by atoms with Gasteiger partial charge in [0.05, 0.1) is 17.0 Å². The van der Waals surface area contributed by atoms with Crippen LogP contribution in [0.5, 0.6) is 5.88 Å². The van der Waals surface area contributed by atoms with Gasteiger partial charge in [0.25, 0.3) is 0 Å². The first-order valence-electron chi connectivity index (χ1n) is 9.43. The van der Waals surface area contributed by atoms with Crippen LogP contribution in [0.15, 0.2) is 35.5 Å². The molecule has 154 valence electrons. The minimum Gasteiger partial charge on any atom is -0.469 e. The molecule has 4 aromatic rings. The lowest BCUT2D eigenvalue weighted by Gasteiger charge is -2.10. The molecule has 0 aliphatic heterocycles. The van der Waals surface area contributed by atoms with E-state index in [9.17, 15) is 0 Å². The maximum Gasteiger partial charge on any atom is 0.225 e. The summed E-state index contributed by atoms with van der Waals surface area (Å²) in [5.74, 6) is 0.824. The number of hydrogen-bond donors (Lipinski definition) is 1. The maximum atomic E-state index is 5.88. The van der Waals surface area contributed by atoms with E-state index in [0.29, 0.717) is 35.2 Å². The highest BCUT2D eigenvalue weighted by Gasteiger charge is 2.17. The summed E-state index contributed by atoms with van der Waals surface area (Å²) < 4.78 is 7.60. The lowest BCUT2D eigenvalue weighted by molar-refractivity contribution is 0.130. The van der Waals surface area contributed by atoms with Crippen molar-refractivity contribution in [1.82, 2.24) is 35.4 Å². The van der Waals surface area contributed by atoms with Crippen LogP contribution in [0.1, 0.15) is 35.1 Å². The van der Waals surface area contributed by atoms with Gasteiger partial charge in [-0.2, -0.15) is 15.3 Å². The summed E-state index contributed by atoms with van der Waals surface area (Å²) in [4.78, 5) is 10.2. The van der Waals surface area contributed by atoms with Crippen LogP contribution in [0.25, 0.3) is 11.0 Å². The molecule has 0 saturated heterocycles. The van der Waals surface area contributed by atoms with Gasteiger partial charge in [-0.25, -0.2) is 0 Å². The van der Waals surface area contributed by atoms with E-state index in [0.717, 1.165) is 16.6 Å². The van der Waals surface area contributed by atoms with Crippen molar-refractivity contribution in [3.05, 3.63) is 58.5 Å². The van der Waals surface area contributed by atoms with Crippen molar-refractivity contribution in [2.75, 3.05) is 0 Å². The van der Waals surface area contributed by atoms with E-state index in [1.807, 2.05) is 58.2 Å². The standard InChI is InChI=1S/C20H22N8O2/c1-12-5-7-15(8-6-12)10-30-25-14(3)17-9-16-13(2)24-28(4)19(16)21-20(17)29-11-18-22-26-27-23-18/h5-9H,10-11H2,1-4H3,(H,22,23,26,27)/b25-14+. The lowest BCUT2D eigenvalue weighted by atomic mass is 10.1. The van der Waals surface area contributed by atoms with Crippen LogP contribution in [0, 0.1) is 13.8 Å². The average molecular weight is 406 g/mol. The number of rotatable bonds is 7. The summed E-state index contributed by atoms with van der Waals surface area (Å²) in [5, 5.41) is 23.4. The number of tetrazole rings is 1. The van der Waals surface area contributed by atoms with Gasteiger partial charge in [-0.15, -0.1) is 10.2 Å². The van der Waals surface area contributed by atoms with E-state index >= 15 is 0 Å². The molecule has 0 fully saturated rings. The summed E-state index contributed by atoms with van der Waals surface area (Å²) in [6.07, 6.45) is 0. The van der Waals surface area contributed by atoms with Crippen molar-refractivity contribution in [2.24, 2.45) is 12.2 Å². The summed E-state index contributed by atoms with van der Waals surface area (Å²) >= 11 is 0. The first kappa shape index (κ1) is 19.5. The number of aromatic nitrogens is 7. The van der Waals surface area contributed by atoms with Crippen molar-refractivity contribution in [3.8, 4) is 5.88 Å². The van der Waals surface area contributed by atoms with Crippen molar-refractivity contribution in [3.63, 3.8) is 0 Å². The van der Waals surface area contributed by atoms with Crippen LogP contribution in [0.2, 0.25) is 0 Å². The van der Waals surface area contributed by atoms with Crippen molar-refractivity contribution in [2.45, 2.75) is 34.0 Å². The molecule has 10 nitrogen and oxygen atoms in total. The van der Waals surface area contributed by atoms with Crippen LogP contribution in [-0.2, 0) is 25.1 Å². The molecule has 0 aliphatic rings. The quantitative estimate of drug-likeness (QED) is 0.370. The molecule has 4 rings (SSSR count). The number of aromatic amines is 1. The number of fused-ring (bicyclic) bond motifs is 1. The monoisotopic (exact) mass is 406 g/mol. The topological polar surface area (TPSA) is 116 Å². The minimum atomic E-state index is 0.121. The SMILES string of the molecule is C/C(=N\OCc1ccc(C)cc1)c1cc2c(C)nn(C)c2nc1OCc1nn[nH]n1. The Kier molecular flexibility index (Phi) is 5.38. The zero-order chi connectivity index (χ0) is 21.1. The first-order chi connectivity index (χ1) is 14.5. The van der Waals surface area contributed by atoms with E-state index in [2.05, 4.69) is 35.9 Å². The minimum absolute atomic E-state index is 0.121. The molecule has 1 aromatic carbocycles. The Bertz CT molecular complexity index is 1180. The molecular weight excluding hydrogens is 384 g/mol. The third kappa shape index (κ3) is 4.12. The van der Waals surface area contributed by atoms with Crippen LogP contribution in [0.3, 0.4) is 0 Å². The molecule has 0 unspecified atom stereocenters. The first-order valence-corrected chi connectivity index (χ1v) is 9.43. The number of hydrogen-bond acceptors (Lipinski definition) is 8. The van der Waals surface area contributed by atoms with Gasteiger partial charge in [0, 0.05) is 12.4 Å². The van der Waals surface area contributed by atoms with Crippen molar-refractivity contribution >= 4 is 16.7 Å². The number of ether oxygens (including phenoxy) is 1. The van der Waals surface area contributed by atoms with Crippen LogP contribution >= 0.6 is 0 Å². The summed E-state index contributed by atoms with van der Waals surface area (Å²) in [5.41, 5.74) is 5.19. The van der Waals surface area contributed by atoms with Gasteiger partial charge >= 0.3 is 0 Å². The smallest absolute Gasteiger partial charge is 0.225 e. The van der Waals surface area contributed by atoms with Gasteiger partial charge in [0.1, 0.15) is 6.61 Å². The normalized spacial score (nSPS) is 11.8. The highest BCUT2D eigenvalue weighted by atomic mass is 16.6. The molecule has 0 saturated carbocycles.